The zero-order valence-corrected chi connectivity index (χ0v) is 11.4. The smallest absolute Gasteiger partial charge is 0.249 e. The van der Waals surface area contributed by atoms with Crippen LogP contribution in [0.5, 0.6) is 0 Å². The van der Waals surface area contributed by atoms with Gasteiger partial charge in [-0.15, -0.1) is 0 Å². The normalized spacial score (nSPS) is 43.9. The first kappa shape index (κ1) is 12.0. The van der Waals surface area contributed by atoms with Crippen LogP contribution in [0.1, 0.15) is 46.5 Å². The maximum absolute atomic E-state index is 12.8. The Morgan fingerprint density at radius 3 is 2.44 bits per heavy atom. The maximum Gasteiger partial charge on any atom is 0.249 e. The van der Waals surface area contributed by atoms with Crippen molar-refractivity contribution < 1.29 is 9.59 Å². The fourth-order valence-corrected chi connectivity index (χ4v) is 3.32. The summed E-state index contributed by atoms with van der Waals surface area (Å²) in [6.45, 7) is 6.06. The lowest BCUT2D eigenvalue weighted by Gasteiger charge is -2.45. The predicted octanol–water partition coefficient (Wildman–Crippen LogP) is 1.30. The largest absolute Gasteiger partial charge is 0.340 e. The number of carbonyl (C=O) groups is 2. The van der Waals surface area contributed by atoms with Crippen LogP contribution >= 0.6 is 0 Å². The Morgan fingerprint density at radius 2 is 2.00 bits per heavy atom. The van der Waals surface area contributed by atoms with Crippen LogP contribution in [-0.2, 0) is 9.59 Å². The molecule has 2 saturated carbocycles. The molecule has 1 aliphatic heterocycles. The summed E-state index contributed by atoms with van der Waals surface area (Å²) in [5, 5.41) is 3.00. The number of hydrogen-bond acceptors (Lipinski definition) is 2. The van der Waals surface area contributed by atoms with Crippen LogP contribution < -0.4 is 5.32 Å². The molecule has 0 aromatic rings. The fraction of sp³-hybridized carbons (Fsp3) is 0.857. The van der Waals surface area contributed by atoms with Gasteiger partial charge in [0.2, 0.25) is 11.8 Å². The molecule has 4 atom stereocenters. The van der Waals surface area contributed by atoms with Crippen molar-refractivity contribution in [3.05, 3.63) is 0 Å². The van der Waals surface area contributed by atoms with Gasteiger partial charge in [-0.05, 0) is 44.4 Å². The second-order valence-electron chi connectivity index (χ2n) is 6.38. The SMILES string of the molecule is CCC1C(=O)NC(C)(C2CC2)C(=O)N1C1CC1C. The zero-order valence-electron chi connectivity index (χ0n) is 11.4. The highest BCUT2D eigenvalue weighted by atomic mass is 16.2. The van der Waals surface area contributed by atoms with Crippen molar-refractivity contribution >= 4 is 11.8 Å². The molecular formula is C14H22N2O2. The second kappa shape index (κ2) is 3.72. The summed E-state index contributed by atoms with van der Waals surface area (Å²) in [4.78, 5) is 26.9. The number of nitrogens with one attached hydrogen (secondary N) is 1. The van der Waals surface area contributed by atoms with Gasteiger partial charge in [-0.1, -0.05) is 13.8 Å². The van der Waals surface area contributed by atoms with Crippen molar-refractivity contribution in [3.8, 4) is 0 Å². The highest BCUT2D eigenvalue weighted by Crippen LogP contribution is 2.46. The summed E-state index contributed by atoms with van der Waals surface area (Å²) in [5.41, 5.74) is -0.634. The molecule has 4 unspecified atom stereocenters. The van der Waals surface area contributed by atoms with E-state index in [4.69, 9.17) is 0 Å². The third-order valence-corrected chi connectivity index (χ3v) is 4.90. The molecule has 0 aromatic heterocycles. The van der Waals surface area contributed by atoms with E-state index < -0.39 is 5.54 Å². The minimum absolute atomic E-state index is 0.0469. The standard InChI is InChI=1S/C14H22N2O2/c1-4-10-12(17)15-14(3,9-5-6-9)13(18)16(10)11-7-8(11)2/h8-11H,4-7H2,1-3H3,(H,15,17). The fourth-order valence-electron chi connectivity index (χ4n) is 3.32. The zero-order chi connectivity index (χ0) is 13.1. The lowest BCUT2D eigenvalue weighted by atomic mass is 9.88. The van der Waals surface area contributed by atoms with Gasteiger partial charge in [0.05, 0.1) is 0 Å². The molecule has 4 nitrogen and oxygen atoms in total. The van der Waals surface area contributed by atoms with Gasteiger partial charge < -0.3 is 10.2 Å². The Balaban J connectivity index is 1.91. The van der Waals surface area contributed by atoms with E-state index in [1.54, 1.807) is 0 Å². The van der Waals surface area contributed by atoms with Gasteiger partial charge in [0.25, 0.3) is 0 Å². The average molecular weight is 250 g/mol. The van der Waals surface area contributed by atoms with Crippen LogP contribution in [0.3, 0.4) is 0 Å². The molecule has 3 aliphatic rings. The Morgan fingerprint density at radius 1 is 1.39 bits per heavy atom. The van der Waals surface area contributed by atoms with Gasteiger partial charge in [0.15, 0.2) is 0 Å². The van der Waals surface area contributed by atoms with Crippen LogP contribution in [0.15, 0.2) is 0 Å². The van der Waals surface area contributed by atoms with Gasteiger partial charge in [-0.3, -0.25) is 9.59 Å². The van der Waals surface area contributed by atoms with Crippen molar-refractivity contribution in [3.63, 3.8) is 0 Å². The monoisotopic (exact) mass is 250 g/mol. The Labute approximate surface area is 108 Å². The molecule has 1 heterocycles. The first-order valence-electron chi connectivity index (χ1n) is 7.13. The summed E-state index contributed by atoms with van der Waals surface area (Å²) in [6.07, 6.45) is 3.89. The second-order valence-corrected chi connectivity index (χ2v) is 6.38. The number of hydrogen-bond donors (Lipinski definition) is 1. The molecule has 3 fully saturated rings. The number of carbonyl (C=O) groups excluding carboxylic acids is 2. The minimum Gasteiger partial charge on any atom is -0.340 e. The molecule has 1 saturated heterocycles. The number of piperazine rings is 1. The van der Waals surface area contributed by atoms with Gasteiger partial charge in [0.1, 0.15) is 11.6 Å². The number of nitrogens with zero attached hydrogens (tertiary/aromatic N) is 1. The van der Waals surface area contributed by atoms with E-state index >= 15 is 0 Å². The van der Waals surface area contributed by atoms with Gasteiger partial charge in [-0.2, -0.15) is 0 Å². The summed E-state index contributed by atoms with van der Waals surface area (Å²) in [5.74, 6) is 1.11. The van der Waals surface area contributed by atoms with Crippen LogP contribution in [-0.4, -0.2) is 34.3 Å². The third-order valence-electron chi connectivity index (χ3n) is 4.90. The summed E-state index contributed by atoms with van der Waals surface area (Å²) < 4.78 is 0. The molecule has 0 bridgehead atoms. The summed E-state index contributed by atoms with van der Waals surface area (Å²) >= 11 is 0. The quantitative estimate of drug-likeness (QED) is 0.821. The van der Waals surface area contributed by atoms with Crippen LogP contribution in [0.2, 0.25) is 0 Å². The van der Waals surface area contributed by atoms with E-state index in [1.807, 2.05) is 18.7 Å². The number of rotatable bonds is 3. The van der Waals surface area contributed by atoms with Crippen LogP contribution in [0.25, 0.3) is 0 Å². The minimum atomic E-state index is -0.634. The highest BCUT2D eigenvalue weighted by molar-refractivity contribution is 6.00. The van der Waals surface area contributed by atoms with Gasteiger partial charge in [0, 0.05) is 6.04 Å². The van der Waals surface area contributed by atoms with Crippen LogP contribution in [0.4, 0.5) is 0 Å². The third kappa shape index (κ3) is 1.57. The highest BCUT2D eigenvalue weighted by Gasteiger charge is 2.58. The Kier molecular flexibility index (Phi) is 2.48. The Bertz CT molecular complexity index is 405. The lowest BCUT2D eigenvalue weighted by Crippen LogP contribution is -2.70. The van der Waals surface area contributed by atoms with Crippen molar-refractivity contribution in [1.29, 1.82) is 0 Å². The molecular weight excluding hydrogens is 228 g/mol. The van der Waals surface area contributed by atoms with Gasteiger partial charge in [-0.25, -0.2) is 0 Å². The molecule has 2 aliphatic carbocycles. The predicted molar refractivity (Wildman–Crippen MR) is 67.8 cm³/mol. The lowest BCUT2D eigenvalue weighted by molar-refractivity contribution is -0.156. The van der Waals surface area contributed by atoms with Crippen molar-refractivity contribution in [1.82, 2.24) is 10.2 Å². The van der Waals surface area contributed by atoms with E-state index in [1.165, 1.54) is 0 Å². The molecule has 0 spiro atoms. The van der Waals surface area contributed by atoms with E-state index in [0.29, 0.717) is 24.3 Å². The molecule has 0 aromatic carbocycles. The maximum atomic E-state index is 12.8. The van der Waals surface area contributed by atoms with E-state index in [0.717, 1.165) is 19.3 Å². The molecule has 100 valence electrons. The van der Waals surface area contributed by atoms with Crippen molar-refractivity contribution in [2.75, 3.05) is 0 Å². The first-order chi connectivity index (χ1) is 8.49. The molecule has 0 radical (unpaired) electrons. The van der Waals surface area contributed by atoms with E-state index in [-0.39, 0.29) is 17.9 Å². The average Bonchev–Trinajstić information content (AvgIpc) is 3.18. The molecule has 2 amide bonds. The van der Waals surface area contributed by atoms with E-state index in [2.05, 4.69) is 12.2 Å². The van der Waals surface area contributed by atoms with Crippen LogP contribution in [0, 0.1) is 11.8 Å². The molecule has 3 rings (SSSR count). The van der Waals surface area contributed by atoms with Crippen molar-refractivity contribution in [2.24, 2.45) is 11.8 Å². The summed E-state index contributed by atoms with van der Waals surface area (Å²) in [6, 6.07) is 0.0471. The summed E-state index contributed by atoms with van der Waals surface area (Å²) in [7, 11) is 0. The van der Waals surface area contributed by atoms with Crippen molar-refractivity contribution in [2.45, 2.75) is 64.1 Å². The number of amides is 2. The first-order valence-corrected chi connectivity index (χ1v) is 7.13. The van der Waals surface area contributed by atoms with Gasteiger partial charge >= 0.3 is 0 Å². The molecule has 18 heavy (non-hydrogen) atoms. The topological polar surface area (TPSA) is 49.4 Å². The van der Waals surface area contributed by atoms with E-state index in [9.17, 15) is 9.59 Å². The molecule has 4 heteroatoms. The molecule has 1 N–H and O–H groups in total. The Hall–Kier alpha value is -1.06.